The SMILES string of the molecule is CC(C)N(Cc1ccccc1)C(=O)/C(=C\c1ccccc1)c1ccccc1. The lowest BCUT2D eigenvalue weighted by atomic mass is 10.0. The Morgan fingerprint density at radius 1 is 0.815 bits per heavy atom. The van der Waals surface area contributed by atoms with Gasteiger partial charge < -0.3 is 4.90 Å². The van der Waals surface area contributed by atoms with E-state index in [2.05, 4.69) is 26.0 Å². The Hall–Kier alpha value is -3.13. The highest BCUT2D eigenvalue weighted by Gasteiger charge is 2.22. The summed E-state index contributed by atoms with van der Waals surface area (Å²) in [6, 6.07) is 30.1. The molecule has 0 spiro atoms. The molecule has 27 heavy (non-hydrogen) atoms. The van der Waals surface area contributed by atoms with E-state index in [1.807, 2.05) is 89.8 Å². The Bertz CT molecular complexity index is 883. The molecule has 0 aromatic heterocycles. The van der Waals surface area contributed by atoms with Gasteiger partial charge in [-0.25, -0.2) is 0 Å². The zero-order chi connectivity index (χ0) is 19.1. The van der Waals surface area contributed by atoms with Crippen LogP contribution in [0.15, 0.2) is 91.0 Å². The number of hydrogen-bond acceptors (Lipinski definition) is 1. The Labute approximate surface area is 161 Å². The van der Waals surface area contributed by atoms with Crippen LogP contribution >= 0.6 is 0 Å². The number of nitrogens with zero attached hydrogens (tertiary/aromatic N) is 1. The lowest BCUT2D eigenvalue weighted by molar-refractivity contribution is -0.127. The summed E-state index contributed by atoms with van der Waals surface area (Å²) < 4.78 is 0. The molecule has 0 fully saturated rings. The Balaban J connectivity index is 1.99. The van der Waals surface area contributed by atoms with Gasteiger partial charge in [-0.2, -0.15) is 0 Å². The van der Waals surface area contributed by atoms with Crippen LogP contribution in [0.5, 0.6) is 0 Å². The second-order valence-electron chi connectivity index (χ2n) is 6.85. The lowest BCUT2D eigenvalue weighted by Gasteiger charge is -2.28. The Morgan fingerprint density at radius 2 is 1.33 bits per heavy atom. The molecule has 0 bridgehead atoms. The van der Waals surface area contributed by atoms with Gasteiger partial charge in [0.1, 0.15) is 0 Å². The van der Waals surface area contributed by atoms with Crippen LogP contribution in [0.3, 0.4) is 0 Å². The summed E-state index contributed by atoms with van der Waals surface area (Å²) in [6.07, 6.45) is 1.98. The highest BCUT2D eigenvalue weighted by Crippen LogP contribution is 2.23. The third-order valence-electron chi connectivity index (χ3n) is 4.51. The van der Waals surface area contributed by atoms with E-state index >= 15 is 0 Å². The van der Waals surface area contributed by atoms with Gasteiger partial charge in [-0.15, -0.1) is 0 Å². The van der Waals surface area contributed by atoms with Crippen molar-refractivity contribution in [1.82, 2.24) is 4.90 Å². The van der Waals surface area contributed by atoms with Crippen molar-refractivity contribution in [2.24, 2.45) is 0 Å². The zero-order valence-corrected chi connectivity index (χ0v) is 15.9. The van der Waals surface area contributed by atoms with Gasteiger partial charge in [-0.05, 0) is 36.6 Å². The highest BCUT2D eigenvalue weighted by molar-refractivity contribution is 6.24. The van der Waals surface area contributed by atoms with Crippen molar-refractivity contribution in [1.29, 1.82) is 0 Å². The molecule has 3 rings (SSSR count). The molecule has 0 aliphatic carbocycles. The summed E-state index contributed by atoms with van der Waals surface area (Å²) in [6.45, 7) is 4.72. The number of hydrogen-bond donors (Lipinski definition) is 0. The minimum Gasteiger partial charge on any atom is -0.332 e. The fourth-order valence-corrected chi connectivity index (χ4v) is 3.03. The van der Waals surface area contributed by atoms with Crippen molar-refractivity contribution in [2.45, 2.75) is 26.4 Å². The minimum atomic E-state index is 0.0453. The first kappa shape index (κ1) is 18.7. The van der Waals surface area contributed by atoms with E-state index < -0.39 is 0 Å². The van der Waals surface area contributed by atoms with Crippen LogP contribution in [0.1, 0.15) is 30.5 Å². The van der Waals surface area contributed by atoms with E-state index in [-0.39, 0.29) is 11.9 Å². The van der Waals surface area contributed by atoms with Gasteiger partial charge >= 0.3 is 0 Å². The van der Waals surface area contributed by atoms with Crippen LogP contribution in [-0.4, -0.2) is 16.8 Å². The van der Waals surface area contributed by atoms with Crippen LogP contribution in [0.25, 0.3) is 11.6 Å². The van der Waals surface area contributed by atoms with Crippen LogP contribution in [0, 0.1) is 0 Å². The molecule has 3 aromatic carbocycles. The average molecular weight is 355 g/mol. The van der Waals surface area contributed by atoms with Gasteiger partial charge in [0.15, 0.2) is 0 Å². The summed E-state index contributed by atoms with van der Waals surface area (Å²) in [7, 11) is 0. The van der Waals surface area contributed by atoms with Crippen molar-refractivity contribution >= 4 is 17.6 Å². The highest BCUT2D eigenvalue weighted by atomic mass is 16.2. The molecule has 0 heterocycles. The molecular weight excluding hydrogens is 330 g/mol. The maximum absolute atomic E-state index is 13.6. The molecule has 0 radical (unpaired) electrons. The van der Waals surface area contributed by atoms with Crippen molar-refractivity contribution in [2.75, 3.05) is 0 Å². The Morgan fingerprint density at radius 3 is 1.89 bits per heavy atom. The molecule has 0 saturated heterocycles. The molecule has 0 aliphatic rings. The average Bonchev–Trinajstić information content (AvgIpc) is 2.72. The predicted molar refractivity (Wildman–Crippen MR) is 113 cm³/mol. The van der Waals surface area contributed by atoms with E-state index in [1.54, 1.807) is 0 Å². The van der Waals surface area contributed by atoms with Gasteiger partial charge in [0, 0.05) is 18.2 Å². The molecule has 2 nitrogen and oxygen atoms in total. The standard InChI is InChI=1S/C25H25NO/c1-20(2)26(19-22-14-8-4-9-15-22)25(27)24(23-16-10-5-11-17-23)18-21-12-6-3-7-13-21/h3-18,20H,19H2,1-2H3/b24-18-. The van der Waals surface area contributed by atoms with Crippen molar-refractivity contribution < 1.29 is 4.79 Å². The largest absolute Gasteiger partial charge is 0.332 e. The topological polar surface area (TPSA) is 20.3 Å². The van der Waals surface area contributed by atoms with E-state index in [0.29, 0.717) is 12.1 Å². The first-order chi connectivity index (χ1) is 13.1. The number of rotatable bonds is 6. The van der Waals surface area contributed by atoms with Crippen molar-refractivity contribution in [3.8, 4) is 0 Å². The molecule has 1 amide bonds. The van der Waals surface area contributed by atoms with E-state index in [4.69, 9.17) is 0 Å². The van der Waals surface area contributed by atoms with Crippen LogP contribution < -0.4 is 0 Å². The molecule has 0 unspecified atom stereocenters. The van der Waals surface area contributed by atoms with Crippen LogP contribution in [0.2, 0.25) is 0 Å². The van der Waals surface area contributed by atoms with Gasteiger partial charge in [-0.1, -0.05) is 91.0 Å². The second-order valence-corrected chi connectivity index (χ2v) is 6.85. The minimum absolute atomic E-state index is 0.0453. The summed E-state index contributed by atoms with van der Waals surface area (Å²) in [4.78, 5) is 15.5. The number of amides is 1. The second kappa shape index (κ2) is 9.00. The summed E-state index contributed by atoms with van der Waals surface area (Å²) >= 11 is 0. The number of carbonyl (C=O) groups is 1. The third-order valence-corrected chi connectivity index (χ3v) is 4.51. The molecule has 0 atom stereocenters. The normalized spacial score (nSPS) is 11.4. The number of carbonyl (C=O) groups excluding carboxylic acids is 1. The third kappa shape index (κ3) is 4.95. The first-order valence-electron chi connectivity index (χ1n) is 9.32. The fraction of sp³-hybridized carbons (Fsp3) is 0.160. The maximum atomic E-state index is 13.6. The maximum Gasteiger partial charge on any atom is 0.255 e. The lowest BCUT2D eigenvalue weighted by Crippen LogP contribution is -2.36. The summed E-state index contributed by atoms with van der Waals surface area (Å²) in [5.41, 5.74) is 3.80. The van der Waals surface area contributed by atoms with Crippen LogP contribution in [0.4, 0.5) is 0 Å². The van der Waals surface area contributed by atoms with Gasteiger partial charge in [0.25, 0.3) is 5.91 Å². The van der Waals surface area contributed by atoms with Crippen molar-refractivity contribution in [3.05, 3.63) is 108 Å². The molecule has 0 aliphatic heterocycles. The van der Waals surface area contributed by atoms with E-state index in [9.17, 15) is 4.79 Å². The van der Waals surface area contributed by atoms with E-state index in [0.717, 1.165) is 16.7 Å². The summed E-state index contributed by atoms with van der Waals surface area (Å²) in [5, 5.41) is 0. The van der Waals surface area contributed by atoms with Crippen molar-refractivity contribution in [3.63, 3.8) is 0 Å². The van der Waals surface area contributed by atoms with Gasteiger partial charge in [0.05, 0.1) is 0 Å². The quantitative estimate of drug-likeness (QED) is 0.412. The molecule has 3 aromatic rings. The smallest absolute Gasteiger partial charge is 0.255 e. The van der Waals surface area contributed by atoms with Gasteiger partial charge in [-0.3, -0.25) is 4.79 Å². The number of benzene rings is 3. The predicted octanol–water partition coefficient (Wildman–Crippen LogP) is 5.66. The monoisotopic (exact) mass is 355 g/mol. The molecular formula is C25H25NO. The van der Waals surface area contributed by atoms with E-state index in [1.165, 1.54) is 0 Å². The van der Waals surface area contributed by atoms with Gasteiger partial charge in [0.2, 0.25) is 0 Å². The summed E-state index contributed by atoms with van der Waals surface area (Å²) in [5.74, 6) is 0.0453. The first-order valence-corrected chi connectivity index (χ1v) is 9.32. The zero-order valence-electron chi connectivity index (χ0n) is 15.9. The molecule has 0 N–H and O–H groups in total. The molecule has 136 valence electrons. The fourth-order valence-electron chi connectivity index (χ4n) is 3.03. The molecule has 0 saturated carbocycles. The Kier molecular flexibility index (Phi) is 6.22. The van der Waals surface area contributed by atoms with Crippen LogP contribution in [-0.2, 0) is 11.3 Å². The molecule has 2 heteroatoms.